The molecule has 1 aliphatic heterocycles. The van der Waals surface area contributed by atoms with Gasteiger partial charge in [0.1, 0.15) is 0 Å². The molecule has 2 N–H and O–H groups in total. The van der Waals surface area contributed by atoms with Gasteiger partial charge < -0.3 is 10.6 Å². The van der Waals surface area contributed by atoms with Crippen LogP contribution in [0.25, 0.3) is 0 Å². The van der Waals surface area contributed by atoms with Crippen LogP contribution in [0.15, 0.2) is 23.1 Å². The van der Waals surface area contributed by atoms with Crippen molar-refractivity contribution in [3.8, 4) is 0 Å². The van der Waals surface area contributed by atoms with Crippen LogP contribution in [0.4, 0.5) is 5.69 Å². The molecule has 102 valence electrons. The summed E-state index contributed by atoms with van der Waals surface area (Å²) < 4.78 is 23.3. The molecule has 0 bridgehead atoms. The van der Waals surface area contributed by atoms with Crippen LogP contribution in [0.1, 0.15) is 17.9 Å². The number of rotatable bonds is 1. The highest BCUT2D eigenvalue weighted by Gasteiger charge is 2.49. The molecular weight excluding hydrogens is 264 g/mol. The molecule has 0 spiro atoms. The lowest BCUT2D eigenvalue weighted by Gasteiger charge is -2.21. The molecule has 1 aliphatic carbocycles. The lowest BCUT2D eigenvalue weighted by atomic mass is 10.1. The standard InChI is InChI=1S/C13H16N2O3S/c1-15-11-4-3-7(19(2,17)18)5-9(11)8-6-10(8)12(14)13(15)16/h3-5,8,10,12H,6,14H2,1-2H3/t8-,10?,12-/m0/s1. The van der Waals surface area contributed by atoms with Crippen LogP contribution >= 0.6 is 0 Å². The fourth-order valence-corrected chi connectivity index (χ4v) is 3.52. The van der Waals surface area contributed by atoms with Gasteiger partial charge in [-0.1, -0.05) is 0 Å². The van der Waals surface area contributed by atoms with E-state index in [1.54, 1.807) is 25.2 Å². The molecule has 3 atom stereocenters. The average Bonchev–Trinajstić information content (AvgIpc) is 3.14. The molecule has 0 saturated heterocycles. The van der Waals surface area contributed by atoms with Crippen LogP contribution in [0.2, 0.25) is 0 Å². The summed E-state index contributed by atoms with van der Waals surface area (Å²) in [6.45, 7) is 0. The van der Waals surface area contributed by atoms with Crippen molar-refractivity contribution < 1.29 is 13.2 Å². The third-order valence-electron chi connectivity index (χ3n) is 4.10. The maximum atomic E-state index is 12.1. The van der Waals surface area contributed by atoms with Gasteiger partial charge in [0.15, 0.2) is 9.84 Å². The van der Waals surface area contributed by atoms with Gasteiger partial charge in [0.2, 0.25) is 5.91 Å². The van der Waals surface area contributed by atoms with Gasteiger partial charge in [0.25, 0.3) is 0 Å². The Morgan fingerprint density at radius 2 is 2.05 bits per heavy atom. The van der Waals surface area contributed by atoms with E-state index in [2.05, 4.69) is 0 Å². The predicted octanol–water partition coefficient (Wildman–Crippen LogP) is 0.497. The Bertz CT molecular complexity index is 668. The zero-order chi connectivity index (χ0) is 13.9. The Kier molecular flexibility index (Phi) is 2.53. The first-order valence-electron chi connectivity index (χ1n) is 6.18. The molecule has 0 aromatic heterocycles. The topological polar surface area (TPSA) is 80.5 Å². The van der Waals surface area contributed by atoms with Gasteiger partial charge in [0.05, 0.1) is 10.9 Å². The molecule has 6 heteroatoms. The second-order valence-corrected chi connectivity index (χ2v) is 7.44. The van der Waals surface area contributed by atoms with Crippen LogP contribution in [-0.4, -0.2) is 33.7 Å². The molecule has 3 rings (SSSR count). The van der Waals surface area contributed by atoms with E-state index < -0.39 is 15.9 Å². The van der Waals surface area contributed by atoms with Gasteiger partial charge in [0, 0.05) is 19.0 Å². The minimum absolute atomic E-state index is 0.0987. The lowest BCUT2D eigenvalue weighted by Crippen LogP contribution is -2.42. The van der Waals surface area contributed by atoms with E-state index in [0.29, 0.717) is 4.90 Å². The van der Waals surface area contributed by atoms with E-state index >= 15 is 0 Å². The first kappa shape index (κ1) is 12.6. The number of benzene rings is 1. The lowest BCUT2D eigenvalue weighted by molar-refractivity contribution is -0.119. The Labute approximate surface area is 112 Å². The van der Waals surface area contributed by atoms with Crippen molar-refractivity contribution in [2.75, 3.05) is 18.2 Å². The maximum Gasteiger partial charge on any atom is 0.243 e. The van der Waals surface area contributed by atoms with Gasteiger partial charge >= 0.3 is 0 Å². The fourth-order valence-electron chi connectivity index (χ4n) is 2.86. The summed E-state index contributed by atoms with van der Waals surface area (Å²) in [5.74, 6) is 0.255. The van der Waals surface area contributed by atoms with Gasteiger partial charge in [-0.2, -0.15) is 0 Å². The summed E-state index contributed by atoms with van der Waals surface area (Å²) in [4.78, 5) is 13.9. The number of carbonyl (C=O) groups is 1. The smallest absolute Gasteiger partial charge is 0.243 e. The van der Waals surface area contributed by atoms with E-state index in [1.807, 2.05) is 0 Å². The zero-order valence-corrected chi connectivity index (χ0v) is 11.6. The first-order valence-corrected chi connectivity index (χ1v) is 8.07. The molecule has 5 nitrogen and oxygen atoms in total. The van der Waals surface area contributed by atoms with E-state index in [9.17, 15) is 13.2 Å². The molecule has 19 heavy (non-hydrogen) atoms. The summed E-state index contributed by atoms with van der Waals surface area (Å²) in [6, 6.07) is 4.46. The van der Waals surface area contributed by atoms with E-state index in [1.165, 1.54) is 11.2 Å². The van der Waals surface area contributed by atoms with Gasteiger partial charge in [-0.05, 0) is 42.0 Å². The molecule has 1 aromatic carbocycles. The molecule has 1 saturated carbocycles. The second-order valence-electron chi connectivity index (χ2n) is 5.42. The van der Waals surface area contributed by atoms with Crippen LogP contribution in [0.5, 0.6) is 0 Å². The third-order valence-corrected chi connectivity index (χ3v) is 5.22. The number of fused-ring (bicyclic) bond motifs is 3. The van der Waals surface area contributed by atoms with E-state index in [-0.39, 0.29) is 17.7 Å². The van der Waals surface area contributed by atoms with Crippen molar-refractivity contribution in [3.63, 3.8) is 0 Å². The minimum Gasteiger partial charge on any atom is -0.320 e. The van der Waals surface area contributed by atoms with Crippen LogP contribution in [0, 0.1) is 5.92 Å². The molecule has 1 unspecified atom stereocenters. The number of nitrogens with two attached hydrogens (primary N) is 1. The average molecular weight is 280 g/mol. The van der Waals surface area contributed by atoms with Crippen LogP contribution in [-0.2, 0) is 14.6 Å². The van der Waals surface area contributed by atoms with Crippen molar-refractivity contribution >= 4 is 21.4 Å². The van der Waals surface area contributed by atoms with Crippen molar-refractivity contribution in [2.45, 2.75) is 23.3 Å². The highest BCUT2D eigenvalue weighted by Crippen LogP contribution is 2.54. The predicted molar refractivity (Wildman–Crippen MR) is 71.8 cm³/mol. The van der Waals surface area contributed by atoms with Gasteiger partial charge in [-0.3, -0.25) is 4.79 Å². The Morgan fingerprint density at radius 3 is 2.68 bits per heavy atom. The molecule has 2 aliphatic rings. The van der Waals surface area contributed by atoms with Crippen molar-refractivity contribution in [1.82, 2.24) is 0 Å². The monoisotopic (exact) mass is 280 g/mol. The highest BCUT2D eigenvalue weighted by atomic mass is 32.2. The van der Waals surface area contributed by atoms with Crippen LogP contribution < -0.4 is 10.6 Å². The maximum absolute atomic E-state index is 12.1. The normalized spacial score (nSPS) is 29.5. The van der Waals surface area contributed by atoms with E-state index in [4.69, 9.17) is 5.73 Å². The SMILES string of the molecule is CN1C(=O)[C@@H](N)C2C[C@H]2c2cc(S(C)(=O)=O)ccc21. The Hall–Kier alpha value is -1.40. The van der Waals surface area contributed by atoms with Crippen molar-refractivity contribution in [2.24, 2.45) is 11.7 Å². The molecule has 1 amide bonds. The summed E-state index contributed by atoms with van der Waals surface area (Å²) in [5, 5.41) is 0. The summed E-state index contributed by atoms with van der Waals surface area (Å²) in [5.41, 5.74) is 7.65. The number of likely N-dealkylation sites (N-methyl/N-ethyl adjacent to an activating group) is 1. The summed E-state index contributed by atoms with van der Waals surface area (Å²) in [6.07, 6.45) is 2.05. The quantitative estimate of drug-likeness (QED) is 0.812. The summed E-state index contributed by atoms with van der Waals surface area (Å²) in [7, 11) is -1.55. The minimum atomic E-state index is -3.23. The number of carbonyl (C=O) groups excluding carboxylic acids is 1. The number of hydrogen-bond donors (Lipinski definition) is 1. The van der Waals surface area contributed by atoms with Crippen LogP contribution in [0.3, 0.4) is 0 Å². The third kappa shape index (κ3) is 1.86. The van der Waals surface area contributed by atoms with Crippen molar-refractivity contribution in [1.29, 1.82) is 0 Å². The number of nitrogens with zero attached hydrogens (tertiary/aromatic N) is 1. The first-order chi connectivity index (χ1) is 8.80. The zero-order valence-electron chi connectivity index (χ0n) is 10.8. The van der Waals surface area contributed by atoms with Gasteiger partial charge in [-0.25, -0.2) is 8.42 Å². The fraction of sp³-hybridized carbons (Fsp3) is 0.462. The van der Waals surface area contributed by atoms with E-state index in [0.717, 1.165) is 17.7 Å². The number of anilines is 1. The van der Waals surface area contributed by atoms with Gasteiger partial charge in [-0.15, -0.1) is 0 Å². The largest absolute Gasteiger partial charge is 0.320 e. The Balaban J connectivity index is 2.16. The molecule has 1 fully saturated rings. The highest BCUT2D eigenvalue weighted by molar-refractivity contribution is 7.90. The molecule has 1 aromatic rings. The summed E-state index contributed by atoms with van der Waals surface area (Å²) >= 11 is 0. The molecular formula is C13H16N2O3S. The molecule has 0 radical (unpaired) electrons. The Morgan fingerprint density at radius 1 is 1.37 bits per heavy atom. The van der Waals surface area contributed by atoms with Crippen molar-refractivity contribution in [3.05, 3.63) is 23.8 Å². The number of hydrogen-bond acceptors (Lipinski definition) is 4. The number of sulfone groups is 1. The second kappa shape index (κ2) is 3.80. The molecule has 1 heterocycles. The number of amides is 1.